The van der Waals surface area contributed by atoms with E-state index in [4.69, 9.17) is 5.11 Å². The van der Waals surface area contributed by atoms with Crippen LogP contribution in [0.4, 0.5) is 16.2 Å². The van der Waals surface area contributed by atoms with Crippen molar-refractivity contribution in [2.45, 2.75) is 0 Å². The Morgan fingerprint density at radius 1 is 1.46 bits per heavy atom. The van der Waals surface area contributed by atoms with Gasteiger partial charge in [0.15, 0.2) is 0 Å². The smallest absolute Gasteiger partial charge is 0.411 e. The van der Waals surface area contributed by atoms with E-state index in [2.05, 4.69) is 5.32 Å². The van der Waals surface area contributed by atoms with Gasteiger partial charge >= 0.3 is 6.09 Å². The molecule has 4 heteroatoms. The van der Waals surface area contributed by atoms with Crippen LogP contribution in [-0.2, 0) is 0 Å². The van der Waals surface area contributed by atoms with Crippen molar-refractivity contribution < 1.29 is 9.90 Å². The molecule has 1 heterocycles. The average molecular weight is 178 g/mol. The lowest BCUT2D eigenvalue weighted by molar-refractivity contribution is 0.202. The zero-order valence-corrected chi connectivity index (χ0v) is 7.03. The second kappa shape index (κ2) is 2.97. The zero-order valence-electron chi connectivity index (χ0n) is 7.03. The predicted molar refractivity (Wildman–Crippen MR) is 50.3 cm³/mol. The van der Waals surface area contributed by atoms with Crippen molar-refractivity contribution in [3.05, 3.63) is 24.3 Å². The molecular formula is C9H10N2O2. The molecule has 1 aromatic rings. The van der Waals surface area contributed by atoms with Crippen LogP contribution < -0.4 is 10.2 Å². The summed E-state index contributed by atoms with van der Waals surface area (Å²) in [5, 5.41) is 12.0. The van der Waals surface area contributed by atoms with Gasteiger partial charge in [0, 0.05) is 13.1 Å². The molecule has 0 unspecified atom stereocenters. The number of carboxylic acid groups (broad SMARTS) is 1. The SMILES string of the molecule is O=C(O)N1CCNc2ccccc21. The number of fused-ring (bicyclic) bond motifs is 1. The Morgan fingerprint density at radius 3 is 3.00 bits per heavy atom. The standard InChI is InChI=1S/C9H10N2O2/c12-9(13)11-6-5-10-7-3-1-2-4-8(7)11/h1-4,10H,5-6H2,(H,12,13). The average Bonchev–Trinajstić information content (AvgIpc) is 2.17. The van der Waals surface area contributed by atoms with E-state index in [1.165, 1.54) is 4.90 Å². The number of anilines is 2. The summed E-state index contributed by atoms with van der Waals surface area (Å²) in [4.78, 5) is 12.2. The molecule has 0 radical (unpaired) electrons. The molecule has 1 amide bonds. The molecule has 68 valence electrons. The first-order valence-corrected chi connectivity index (χ1v) is 4.12. The molecule has 2 rings (SSSR count). The van der Waals surface area contributed by atoms with Gasteiger partial charge in [0.05, 0.1) is 11.4 Å². The van der Waals surface area contributed by atoms with Crippen LogP contribution in [0.2, 0.25) is 0 Å². The van der Waals surface area contributed by atoms with E-state index in [1.807, 2.05) is 18.2 Å². The maximum atomic E-state index is 10.8. The maximum Gasteiger partial charge on any atom is 0.411 e. The largest absolute Gasteiger partial charge is 0.465 e. The molecule has 0 atom stereocenters. The first-order chi connectivity index (χ1) is 6.29. The summed E-state index contributed by atoms with van der Waals surface area (Å²) in [5.74, 6) is 0. The lowest BCUT2D eigenvalue weighted by atomic mass is 10.2. The zero-order chi connectivity index (χ0) is 9.26. The second-order valence-electron chi connectivity index (χ2n) is 2.88. The van der Waals surface area contributed by atoms with Gasteiger partial charge in [0.2, 0.25) is 0 Å². The van der Waals surface area contributed by atoms with Crippen LogP contribution in [0.25, 0.3) is 0 Å². The molecule has 1 aliphatic rings. The molecule has 0 spiro atoms. The molecule has 1 aromatic carbocycles. The van der Waals surface area contributed by atoms with E-state index in [0.29, 0.717) is 13.1 Å². The molecule has 0 saturated heterocycles. The van der Waals surface area contributed by atoms with Crippen LogP contribution in [0.3, 0.4) is 0 Å². The number of hydrogen-bond donors (Lipinski definition) is 2. The van der Waals surface area contributed by atoms with Crippen molar-refractivity contribution in [2.24, 2.45) is 0 Å². The van der Waals surface area contributed by atoms with Gasteiger partial charge < -0.3 is 10.4 Å². The number of amides is 1. The number of benzene rings is 1. The third kappa shape index (κ3) is 1.30. The van der Waals surface area contributed by atoms with E-state index < -0.39 is 6.09 Å². The van der Waals surface area contributed by atoms with Crippen molar-refractivity contribution in [1.82, 2.24) is 0 Å². The number of hydrogen-bond acceptors (Lipinski definition) is 2. The van der Waals surface area contributed by atoms with Crippen molar-refractivity contribution >= 4 is 17.5 Å². The van der Waals surface area contributed by atoms with E-state index in [9.17, 15) is 4.79 Å². The molecule has 13 heavy (non-hydrogen) atoms. The minimum atomic E-state index is -0.894. The van der Waals surface area contributed by atoms with Gasteiger partial charge in [-0.2, -0.15) is 0 Å². The minimum Gasteiger partial charge on any atom is -0.465 e. The Kier molecular flexibility index (Phi) is 1.81. The summed E-state index contributed by atoms with van der Waals surface area (Å²) in [6, 6.07) is 7.40. The molecule has 0 saturated carbocycles. The highest BCUT2D eigenvalue weighted by Crippen LogP contribution is 2.27. The molecule has 4 nitrogen and oxygen atoms in total. The summed E-state index contributed by atoms with van der Waals surface area (Å²) in [6.07, 6.45) is -0.894. The van der Waals surface area contributed by atoms with Gasteiger partial charge in [0.25, 0.3) is 0 Å². The third-order valence-corrected chi connectivity index (χ3v) is 2.08. The van der Waals surface area contributed by atoms with Crippen LogP contribution in [0.1, 0.15) is 0 Å². The quantitative estimate of drug-likeness (QED) is 0.634. The Morgan fingerprint density at radius 2 is 2.23 bits per heavy atom. The third-order valence-electron chi connectivity index (χ3n) is 2.08. The van der Waals surface area contributed by atoms with Gasteiger partial charge in [-0.25, -0.2) is 4.79 Å². The van der Waals surface area contributed by atoms with Gasteiger partial charge in [-0.3, -0.25) is 4.90 Å². The van der Waals surface area contributed by atoms with Crippen molar-refractivity contribution in [1.29, 1.82) is 0 Å². The van der Waals surface area contributed by atoms with Gasteiger partial charge in [-0.1, -0.05) is 12.1 Å². The van der Waals surface area contributed by atoms with Crippen LogP contribution in [-0.4, -0.2) is 24.3 Å². The number of carbonyl (C=O) groups is 1. The first kappa shape index (κ1) is 7.91. The van der Waals surface area contributed by atoms with Gasteiger partial charge in [0.1, 0.15) is 0 Å². The Labute approximate surface area is 75.8 Å². The second-order valence-corrected chi connectivity index (χ2v) is 2.88. The molecular weight excluding hydrogens is 168 g/mol. The van der Waals surface area contributed by atoms with E-state index in [0.717, 1.165) is 11.4 Å². The Bertz CT molecular complexity index is 338. The van der Waals surface area contributed by atoms with Crippen LogP contribution in [0.5, 0.6) is 0 Å². The maximum absolute atomic E-state index is 10.8. The van der Waals surface area contributed by atoms with Gasteiger partial charge in [-0.05, 0) is 12.1 Å². The van der Waals surface area contributed by atoms with Gasteiger partial charge in [-0.15, -0.1) is 0 Å². The molecule has 0 fully saturated rings. The Hall–Kier alpha value is -1.71. The number of rotatable bonds is 0. The van der Waals surface area contributed by atoms with Crippen LogP contribution in [0.15, 0.2) is 24.3 Å². The summed E-state index contributed by atoms with van der Waals surface area (Å²) in [7, 11) is 0. The van der Waals surface area contributed by atoms with Crippen molar-refractivity contribution in [3.8, 4) is 0 Å². The highest BCUT2D eigenvalue weighted by Gasteiger charge is 2.20. The fourth-order valence-electron chi connectivity index (χ4n) is 1.48. The van der Waals surface area contributed by atoms with E-state index >= 15 is 0 Å². The molecule has 2 N–H and O–H groups in total. The minimum absolute atomic E-state index is 0.506. The van der Waals surface area contributed by atoms with E-state index in [-0.39, 0.29) is 0 Å². The normalized spacial score (nSPS) is 14.6. The lowest BCUT2D eigenvalue weighted by Crippen LogP contribution is -2.37. The number of nitrogens with one attached hydrogen (secondary N) is 1. The highest BCUT2D eigenvalue weighted by molar-refractivity contribution is 5.92. The molecule has 0 aromatic heterocycles. The van der Waals surface area contributed by atoms with Crippen LogP contribution >= 0.6 is 0 Å². The predicted octanol–water partition coefficient (Wildman–Crippen LogP) is 1.60. The summed E-state index contributed by atoms with van der Waals surface area (Å²) in [5.41, 5.74) is 1.62. The molecule has 1 aliphatic heterocycles. The molecule has 0 aliphatic carbocycles. The van der Waals surface area contributed by atoms with E-state index in [1.54, 1.807) is 6.07 Å². The number of nitrogens with zero attached hydrogens (tertiary/aromatic N) is 1. The highest BCUT2D eigenvalue weighted by atomic mass is 16.4. The van der Waals surface area contributed by atoms with Crippen LogP contribution in [0, 0.1) is 0 Å². The van der Waals surface area contributed by atoms with Crippen molar-refractivity contribution in [2.75, 3.05) is 23.3 Å². The lowest BCUT2D eigenvalue weighted by Gasteiger charge is -2.27. The summed E-state index contributed by atoms with van der Waals surface area (Å²) >= 11 is 0. The number of para-hydroxylation sites is 2. The first-order valence-electron chi connectivity index (χ1n) is 4.12. The summed E-state index contributed by atoms with van der Waals surface area (Å²) < 4.78 is 0. The fraction of sp³-hybridized carbons (Fsp3) is 0.222. The Balaban J connectivity index is 2.42. The topological polar surface area (TPSA) is 52.6 Å². The van der Waals surface area contributed by atoms with Crippen molar-refractivity contribution in [3.63, 3.8) is 0 Å². The fourth-order valence-corrected chi connectivity index (χ4v) is 1.48. The molecule has 0 bridgehead atoms. The summed E-state index contributed by atoms with van der Waals surface area (Å²) in [6.45, 7) is 1.18. The monoisotopic (exact) mass is 178 g/mol.